The van der Waals surface area contributed by atoms with Gasteiger partial charge in [0.25, 0.3) is 0 Å². The second-order valence-corrected chi connectivity index (χ2v) is 6.47. The zero-order valence-corrected chi connectivity index (χ0v) is 13.1. The van der Waals surface area contributed by atoms with E-state index in [1.165, 1.54) is 22.7 Å². The van der Waals surface area contributed by atoms with E-state index in [1.807, 2.05) is 24.3 Å². The van der Waals surface area contributed by atoms with Crippen molar-refractivity contribution in [3.05, 3.63) is 64.1 Å². The first kappa shape index (κ1) is 14.5. The Morgan fingerprint density at radius 1 is 1.19 bits per heavy atom. The summed E-state index contributed by atoms with van der Waals surface area (Å²) in [4.78, 5) is 13.5. The highest BCUT2D eigenvalue weighted by molar-refractivity contribution is 9.10. The van der Waals surface area contributed by atoms with Crippen molar-refractivity contribution in [1.82, 2.24) is 0 Å². The maximum Gasteiger partial charge on any atom is 0.238 e. The smallest absolute Gasteiger partial charge is 0.238 e. The summed E-state index contributed by atoms with van der Waals surface area (Å²) in [7, 11) is 0. The molecule has 0 bridgehead atoms. The number of benzene rings is 2. The quantitative estimate of drug-likeness (QED) is 0.776. The van der Waals surface area contributed by atoms with E-state index in [-0.39, 0.29) is 22.7 Å². The van der Waals surface area contributed by atoms with Crippen molar-refractivity contribution in [2.75, 3.05) is 10.7 Å². The molecule has 1 saturated heterocycles. The topological polar surface area (TPSA) is 20.3 Å². The summed E-state index contributed by atoms with van der Waals surface area (Å²) in [5, 5.41) is -0.326. The van der Waals surface area contributed by atoms with Crippen molar-refractivity contribution in [3.8, 4) is 0 Å². The van der Waals surface area contributed by atoms with Gasteiger partial charge in [-0.25, -0.2) is 8.78 Å². The summed E-state index contributed by atoms with van der Waals surface area (Å²) in [6.07, 6.45) is 0. The van der Waals surface area contributed by atoms with Crippen LogP contribution >= 0.6 is 27.7 Å². The number of rotatable bonds is 2. The molecule has 1 fully saturated rings. The molecule has 0 aliphatic carbocycles. The molecule has 0 radical (unpaired) electrons. The molecule has 2 nitrogen and oxygen atoms in total. The predicted molar refractivity (Wildman–Crippen MR) is 83.2 cm³/mol. The zero-order chi connectivity index (χ0) is 15.0. The molecule has 0 N–H and O–H groups in total. The van der Waals surface area contributed by atoms with Crippen LogP contribution in [0.1, 0.15) is 10.9 Å². The number of carbonyl (C=O) groups is 1. The number of amides is 1. The molecule has 21 heavy (non-hydrogen) atoms. The Bertz CT molecular complexity index is 710. The summed E-state index contributed by atoms with van der Waals surface area (Å²) >= 11 is 4.87. The van der Waals surface area contributed by atoms with Gasteiger partial charge in [-0.05, 0) is 23.8 Å². The number of carbonyl (C=O) groups excluding carboxylic acids is 1. The van der Waals surface area contributed by atoms with E-state index in [9.17, 15) is 13.6 Å². The number of hydrogen-bond donors (Lipinski definition) is 0. The molecule has 108 valence electrons. The minimum atomic E-state index is -0.733. The Labute approximate surface area is 133 Å². The van der Waals surface area contributed by atoms with Crippen molar-refractivity contribution in [1.29, 1.82) is 0 Å². The van der Waals surface area contributed by atoms with E-state index in [2.05, 4.69) is 15.9 Å². The molecular formula is C15H10BrF2NOS. The van der Waals surface area contributed by atoms with E-state index >= 15 is 0 Å². The molecular weight excluding hydrogens is 360 g/mol. The number of halogens is 3. The monoisotopic (exact) mass is 369 g/mol. The molecule has 0 saturated carbocycles. The lowest BCUT2D eigenvalue weighted by Crippen LogP contribution is -2.28. The highest BCUT2D eigenvalue weighted by Gasteiger charge is 2.36. The molecule has 1 atom stereocenters. The van der Waals surface area contributed by atoms with Gasteiger partial charge in [0, 0.05) is 10.5 Å². The summed E-state index contributed by atoms with van der Waals surface area (Å²) in [5.41, 5.74) is 0.990. The van der Waals surface area contributed by atoms with Crippen LogP contribution in [0.3, 0.4) is 0 Å². The molecule has 0 unspecified atom stereocenters. The van der Waals surface area contributed by atoms with Crippen LogP contribution in [0.5, 0.6) is 0 Å². The van der Waals surface area contributed by atoms with E-state index in [0.29, 0.717) is 0 Å². The molecule has 2 aromatic rings. The van der Waals surface area contributed by atoms with Crippen LogP contribution in [-0.2, 0) is 4.79 Å². The third-order valence-electron chi connectivity index (χ3n) is 3.21. The lowest BCUT2D eigenvalue weighted by atomic mass is 10.2. The van der Waals surface area contributed by atoms with E-state index in [1.54, 1.807) is 0 Å². The summed E-state index contributed by atoms with van der Waals surface area (Å²) in [6.45, 7) is 0. The van der Waals surface area contributed by atoms with Gasteiger partial charge in [0.2, 0.25) is 5.91 Å². The minimum absolute atomic E-state index is 0.104. The molecule has 2 aromatic carbocycles. The molecule has 0 spiro atoms. The molecule has 1 amide bonds. The number of anilines is 1. The Balaban J connectivity index is 2.06. The van der Waals surface area contributed by atoms with Crippen LogP contribution in [0.15, 0.2) is 46.9 Å². The number of hydrogen-bond acceptors (Lipinski definition) is 2. The molecule has 0 aromatic heterocycles. The lowest BCUT2D eigenvalue weighted by Gasteiger charge is -2.25. The fraction of sp³-hybridized carbons (Fsp3) is 0.133. The molecule has 1 aliphatic heterocycles. The maximum atomic E-state index is 14.0. The van der Waals surface area contributed by atoms with Crippen LogP contribution in [0.25, 0.3) is 0 Å². The summed E-state index contributed by atoms with van der Waals surface area (Å²) in [6, 6.07) is 10.7. The first-order chi connectivity index (χ1) is 10.1. The van der Waals surface area contributed by atoms with E-state index in [0.717, 1.165) is 22.2 Å². The van der Waals surface area contributed by atoms with Gasteiger partial charge < -0.3 is 0 Å². The Hall–Kier alpha value is -1.40. The SMILES string of the molecule is O=C1CS[C@H](c2ccccc2Br)N1c1ccc(F)cc1F. The van der Waals surface area contributed by atoms with Gasteiger partial charge in [0.05, 0.1) is 11.4 Å². The van der Waals surface area contributed by atoms with Gasteiger partial charge in [0.15, 0.2) is 0 Å². The Morgan fingerprint density at radius 3 is 2.67 bits per heavy atom. The van der Waals surface area contributed by atoms with Crippen LogP contribution in [0.4, 0.5) is 14.5 Å². The fourth-order valence-corrected chi connectivity index (χ4v) is 4.12. The second kappa shape index (κ2) is 5.77. The van der Waals surface area contributed by atoms with E-state index in [4.69, 9.17) is 0 Å². The first-order valence-corrected chi connectivity index (χ1v) is 8.05. The van der Waals surface area contributed by atoms with Crippen molar-refractivity contribution < 1.29 is 13.6 Å². The predicted octanol–water partition coefficient (Wildman–Crippen LogP) is 4.51. The van der Waals surface area contributed by atoms with Gasteiger partial charge in [-0.2, -0.15) is 0 Å². The summed E-state index contributed by atoms with van der Waals surface area (Å²) < 4.78 is 27.9. The minimum Gasteiger partial charge on any atom is -0.292 e. The first-order valence-electron chi connectivity index (χ1n) is 6.21. The van der Waals surface area contributed by atoms with Crippen LogP contribution in [0.2, 0.25) is 0 Å². The molecule has 1 heterocycles. The Morgan fingerprint density at radius 2 is 1.95 bits per heavy atom. The second-order valence-electron chi connectivity index (χ2n) is 4.54. The standard InChI is InChI=1S/C15H10BrF2NOS/c16-11-4-2-1-3-10(11)15-19(14(20)8-21-15)13-6-5-9(17)7-12(13)18/h1-7,15H,8H2/t15-/m1/s1. The molecule has 3 rings (SSSR count). The van der Waals surface area contributed by atoms with E-state index < -0.39 is 11.6 Å². The van der Waals surface area contributed by atoms with Crippen LogP contribution in [0, 0.1) is 11.6 Å². The largest absolute Gasteiger partial charge is 0.292 e. The van der Waals surface area contributed by atoms with Crippen molar-refractivity contribution in [3.63, 3.8) is 0 Å². The average Bonchev–Trinajstić information content (AvgIpc) is 2.81. The third kappa shape index (κ3) is 2.70. The normalized spacial score (nSPS) is 18.3. The number of nitrogens with zero attached hydrogens (tertiary/aromatic N) is 1. The maximum absolute atomic E-state index is 14.0. The van der Waals surface area contributed by atoms with Gasteiger partial charge in [-0.1, -0.05) is 34.1 Å². The van der Waals surface area contributed by atoms with Crippen molar-refractivity contribution in [2.45, 2.75) is 5.37 Å². The van der Waals surface area contributed by atoms with Crippen LogP contribution in [-0.4, -0.2) is 11.7 Å². The summed E-state index contributed by atoms with van der Waals surface area (Å²) in [5.74, 6) is -1.31. The third-order valence-corrected chi connectivity index (χ3v) is 5.12. The van der Waals surface area contributed by atoms with Gasteiger partial charge >= 0.3 is 0 Å². The lowest BCUT2D eigenvalue weighted by molar-refractivity contribution is -0.115. The van der Waals surface area contributed by atoms with Crippen LogP contribution < -0.4 is 4.90 Å². The van der Waals surface area contributed by atoms with Crippen molar-refractivity contribution in [2.24, 2.45) is 0 Å². The highest BCUT2D eigenvalue weighted by Crippen LogP contribution is 2.44. The number of thioether (sulfide) groups is 1. The van der Waals surface area contributed by atoms with Gasteiger partial charge in [0.1, 0.15) is 17.0 Å². The van der Waals surface area contributed by atoms with Gasteiger partial charge in [-0.3, -0.25) is 9.69 Å². The molecule has 1 aliphatic rings. The molecule has 6 heteroatoms. The average molecular weight is 370 g/mol. The van der Waals surface area contributed by atoms with Crippen molar-refractivity contribution >= 4 is 39.3 Å². The fourth-order valence-electron chi connectivity index (χ4n) is 2.27. The Kier molecular flexibility index (Phi) is 3.99. The van der Waals surface area contributed by atoms with Gasteiger partial charge in [-0.15, -0.1) is 11.8 Å². The highest BCUT2D eigenvalue weighted by atomic mass is 79.9. The zero-order valence-electron chi connectivity index (χ0n) is 10.7.